The average Bonchev–Trinajstić information content (AvgIpc) is 2.09. The van der Waals surface area contributed by atoms with Gasteiger partial charge in [0.1, 0.15) is 11.3 Å². The molecule has 4 nitrogen and oxygen atoms in total. The van der Waals surface area contributed by atoms with Crippen molar-refractivity contribution in [1.29, 1.82) is 0 Å². The van der Waals surface area contributed by atoms with E-state index in [1.165, 1.54) is 12.1 Å². The summed E-state index contributed by atoms with van der Waals surface area (Å²) in [5.74, 6) is -1.46. The normalized spacial score (nSPS) is 11.2. The van der Waals surface area contributed by atoms with Gasteiger partial charge in [-0.1, -0.05) is 18.2 Å². The van der Waals surface area contributed by atoms with Crippen LogP contribution in [0.1, 0.15) is 5.56 Å². The number of aromatic hydroxyl groups is 1. The van der Waals surface area contributed by atoms with Crippen molar-refractivity contribution in [2.75, 3.05) is 0 Å². The molecule has 1 aromatic rings. The maximum Gasteiger partial charge on any atom is 0.339 e. The Morgan fingerprint density at radius 1 is 1.31 bits per heavy atom. The van der Waals surface area contributed by atoms with Crippen LogP contribution in [-0.4, -0.2) is 21.3 Å². The zero-order chi connectivity index (χ0) is 9.84. The number of carboxylic acids is 1. The van der Waals surface area contributed by atoms with Gasteiger partial charge in [0, 0.05) is 5.56 Å². The molecule has 0 heterocycles. The van der Waals surface area contributed by atoms with Gasteiger partial charge in [-0.25, -0.2) is 4.79 Å². The molecule has 0 bridgehead atoms. The summed E-state index contributed by atoms with van der Waals surface area (Å²) in [6, 6.07) is 5.89. The number of aliphatic carboxylic acids is 1. The van der Waals surface area contributed by atoms with Gasteiger partial charge in [0.2, 0.25) is 0 Å². The van der Waals surface area contributed by atoms with E-state index in [0.29, 0.717) is 6.26 Å². The molecule has 0 spiro atoms. The van der Waals surface area contributed by atoms with Crippen molar-refractivity contribution in [2.45, 2.75) is 0 Å². The second-order valence-corrected chi connectivity index (χ2v) is 2.37. The Kier molecular flexibility index (Phi) is 2.54. The van der Waals surface area contributed by atoms with Crippen molar-refractivity contribution in [1.82, 2.24) is 0 Å². The lowest BCUT2D eigenvalue weighted by Gasteiger charge is -2.02. The zero-order valence-electron chi connectivity index (χ0n) is 6.64. The molecule has 0 aliphatic rings. The molecule has 68 valence electrons. The van der Waals surface area contributed by atoms with E-state index in [-0.39, 0.29) is 16.9 Å². The Morgan fingerprint density at radius 3 is 2.38 bits per heavy atom. The third-order valence-corrected chi connectivity index (χ3v) is 1.55. The van der Waals surface area contributed by atoms with Crippen molar-refractivity contribution >= 4 is 11.5 Å². The zero-order valence-corrected chi connectivity index (χ0v) is 6.64. The molecule has 1 rings (SSSR count). The van der Waals surface area contributed by atoms with Gasteiger partial charge >= 0.3 is 5.97 Å². The minimum Gasteiger partial charge on any atom is -0.515 e. The van der Waals surface area contributed by atoms with Crippen LogP contribution in [0.5, 0.6) is 5.75 Å². The standard InChI is InChI=1S/C9H8O4/c10-5-7(9(12)13)6-3-1-2-4-8(6)11/h1-5,10-11H,(H,12,13). The molecular formula is C9H8O4. The van der Waals surface area contributed by atoms with Crippen LogP contribution in [0.3, 0.4) is 0 Å². The molecule has 0 saturated heterocycles. The summed E-state index contributed by atoms with van der Waals surface area (Å²) >= 11 is 0. The van der Waals surface area contributed by atoms with E-state index in [4.69, 9.17) is 10.2 Å². The lowest BCUT2D eigenvalue weighted by Crippen LogP contribution is -1.99. The van der Waals surface area contributed by atoms with Gasteiger partial charge in [0.25, 0.3) is 0 Å². The lowest BCUT2D eigenvalue weighted by molar-refractivity contribution is -0.130. The molecule has 3 N–H and O–H groups in total. The minimum absolute atomic E-state index is 0.0949. The highest BCUT2D eigenvalue weighted by Gasteiger charge is 2.13. The third kappa shape index (κ3) is 1.79. The van der Waals surface area contributed by atoms with Crippen LogP contribution in [-0.2, 0) is 4.79 Å². The number of hydrogen-bond donors (Lipinski definition) is 3. The van der Waals surface area contributed by atoms with E-state index in [1.807, 2.05) is 0 Å². The Bertz CT molecular complexity index is 354. The van der Waals surface area contributed by atoms with E-state index in [1.54, 1.807) is 12.1 Å². The number of carboxylic acid groups (broad SMARTS) is 1. The van der Waals surface area contributed by atoms with Gasteiger partial charge in [-0.15, -0.1) is 0 Å². The van der Waals surface area contributed by atoms with Gasteiger partial charge in [-0.2, -0.15) is 0 Å². The summed E-state index contributed by atoms with van der Waals surface area (Å²) in [5, 5.41) is 26.5. The highest BCUT2D eigenvalue weighted by molar-refractivity contribution is 6.15. The Hall–Kier alpha value is -1.97. The molecule has 0 aromatic heterocycles. The second-order valence-electron chi connectivity index (χ2n) is 2.37. The summed E-state index contributed by atoms with van der Waals surface area (Å²) in [4.78, 5) is 10.5. The number of hydrogen-bond acceptors (Lipinski definition) is 3. The van der Waals surface area contributed by atoms with Gasteiger partial charge in [0.15, 0.2) is 0 Å². The first-order valence-corrected chi connectivity index (χ1v) is 3.53. The van der Waals surface area contributed by atoms with Gasteiger partial charge in [0.05, 0.1) is 6.26 Å². The van der Waals surface area contributed by atoms with Crippen molar-refractivity contribution in [3.63, 3.8) is 0 Å². The first kappa shape index (κ1) is 9.12. The first-order valence-electron chi connectivity index (χ1n) is 3.53. The third-order valence-electron chi connectivity index (χ3n) is 1.55. The van der Waals surface area contributed by atoms with Crippen LogP contribution in [0.4, 0.5) is 0 Å². The number of rotatable bonds is 2. The fourth-order valence-electron chi connectivity index (χ4n) is 0.941. The number of para-hydroxylation sites is 1. The maximum atomic E-state index is 10.5. The fraction of sp³-hybridized carbons (Fsp3) is 0. The average molecular weight is 180 g/mol. The van der Waals surface area contributed by atoms with Crippen LogP contribution in [0.25, 0.3) is 5.57 Å². The summed E-state index contributed by atoms with van der Waals surface area (Å²) in [7, 11) is 0. The van der Waals surface area contributed by atoms with Crippen LogP contribution in [0.15, 0.2) is 30.5 Å². The summed E-state index contributed by atoms with van der Waals surface area (Å²) < 4.78 is 0. The molecule has 0 saturated carbocycles. The number of benzene rings is 1. The molecule has 0 amide bonds. The highest BCUT2D eigenvalue weighted by Crippen LogP contribution is 2.23. The van der Waals surface area contributed by atoms with Crippen LogP contribution >= 0.6 is 0 Å². The van der Waals surface area contributed by atoms with Gasteiger partial charge < -0.3 is 15.3 Å². The Morgan fingerprint density at radius 2 is 1.92 bits per heavy atom. The predicted octanol–water partition coefficient (Wildman–Crippen LogP) is 1.38. The molecule has 0 radical (unpaired) electrons. The van der Waals surface area contributed by atoms with Crippen LogP contribution in [0, 0.1) is 0 Å². The van der Waals surface area contributed by atoms with Crippen molar-refractivity contribution in [3.05, 3.63) is 36.1 Å². The number of aliphatic hydroxyl groups is 1. The molecule has 1 aromatic carbocycles. The van der Waals surface area contributed by atoms with E-state index < -0.39 is 5.97 Å². The smallest absolute Gasteiger partial charge is 0.339 e. The molecule has 0 fully saturated rings. The van der Waals surface area contributed by atoms with Gasteiger partial charge in [-0.3, -0.25) is 0 Å². The fourth-order valence-corrected chi connectivity index (χ4v) is 0.941. The van der Waals surface area contributed by atoms with Crippen LogP contribution < -0.4 is 0 Å². The largest absolute Gasteiger partial charge is 0.515 e. The highest BCUT2D eigenvalue weighted by atomic mass is 16.4. The maximum absolute atomic E-state index is 10.5. The monoisotopic (exact) mass is 180 g/mol. The molecule has 13 heavy (non-hydrogen) atoms. The van der Waals surface area contributed by atoms with E-state index in [0.717, 1.165) is 0 Å². The molecule has 4 heteroatoms. The second kappa shape index (κ2) is 3.62. The topological polar surface area (TPSA) is 77.8 Å². The molecule has 0 atom stereocenters. The summed E-state index contributed by atoms with van der Waals surface area (Å²) in [6.07, 6.45) is 0.456. The predicted molar refractivity (Wildman–Crippen MR) is 46.3 cm³/mol. The molecule has 0 unspecified atom stereocenters. The lowest BCUT2D eigenvalue weighted by atomic mass is 10.1. The van der Waals surface area contributed by atoms with E-state index in [2.05, 4.69) is 0 Å². The number of phenols is 1. The quantitative estimate of drug-likeness (QED) is 0.474. The van der Waals surface area contributed by atoms with Crippen molar-refractivity contribution in [3.8, 4) is 5.75 Å². The number of carbonyl (C=O) groups is 1. The first-order chi connectivity index (χ1) is 6.16. The number of aliphatic hydroxyl groups excluding tert-OH is 1. The van der Waals surface area contributed by atoms with Crippen molar-refractivity contribution in [2.24, 2.45) is 0 Å². The van der Waals surface area contributed by atoms with Gasteiger partial charge in [-0.05, 0) is 6.07 Å². The molecule has 0 aliphatic carbocycles. The molecular weight excluding hydrogens is 172 g/mol. The SMILES string of the molecule is O=C(O)C(=CO)c1ccccc1O. The summed E-state index contributed by atoms with van der Waals surface area (Å²) in [5.41, 5.74) is -0.240. The van der Waals surface area contributed by atoms with Crippen LogP contribution in [0.2, 0.25) is 0 Å². The summed E-state index contributed by atoms with van der Waals surface area (Å²) in [6.45, 7) is 0. The van der Waals surface area contributed by atoms with E-state index >= 15 is 0 Å². The Balaban J connectivity index is 3.21. The van der Waals surface area contributed by atoms with E-state index in [9.17, 15) is 9.90 Å². The Labute approximate surface area is 74.4 Å². The van der Waals surface area contributed by atoms with Crippen molar-refractivity contribution < 1.29 is 20.1 Å². The number of phenolic OH excluding ortho intramolecular Hbond substituents is 1. The molecule has 0 aliphatic heterocycles. The minimum atomic E-state index is -1.29.